The van der Waals surface area contributed by atoms with Crippen molar-refractivity contribution in [2.45, 2.75) is 25.7 Å². The van der Waals surface area contributed by atoms with Crippen LogP contribution >= 0.6 is 11.6 Å². The maximum Gasteiger partial charge on any atom is 0.119 e. The van der Waals surface area contributed by atoms with Crippen molar-refractivity contribution in [3.8, 4) is 28.0 Å². The number of H-pyrrole nitrogens is 1. The highest BCUT2D eigenvalue weighted by molar-refractivity contribution is 6.30. The van der Waals surface area contributed by atoms with Gasteiger partial charge in [0.05, 0.1) is 7.11 Å². The molecular weight excluding hydrogens is 418 g/mol. The maximum atomic E-state index is 6.25. The summed E-state index contributed by atoms with van der Waals surface area (Å²) in [6.45, 7) is 4.52. The second-order valence-corrected chi connectivity index (χ2v) is 9.13. The Labute approximate surface area is 194 Å². The van der Waals surface area contributed by atoms with E-state index in [4.69, 9.17) is 16.3 Å². The lowest BCUT2D eigenvalue weighted by molar-refractivity contribution is 0.332. The van der Waals surface area contributed by atoms with Crippen LogP contribution in [0.5, 0.6) is 5.75 Å². The number of pyridine rings is 1. The molecule has 0 bridgehead atoms. The van der Waals surface area contributed by atoms with Crippen LogP contribution in [0.15, 0.2) is 60.9 Å². The second kappa shape index (κ2) is 8.97. The van der Waals surface area contributed by atoms with Gasteiger partial charge in [-0.05, 0) is 73.8 Å². The number of hydrogen-bond acceptors (Lipinski definition) is 3. The van der Waals surface area contributed by atoms with Crippen LogP contribution in [0, 0.1) is 5.92 Å². The molecule has 1 aliphatic heterocycles. The van der Waals surface area contributed by atoms with Crippen molar-refractivity contribution in [2.75, 3.05) is 20.2 Å². The third kappa shape index (κ3) is 4.01. The minimum Gasteiger partial charge on any atom is -0.497 e. The Bertz CT molecular complexity index is 1240. The number of aromatic amines is 1. The molecule has 2 aromatic heterocycles. The Morgan fingerprint density at radius 2 is 1.94 bits per heavy atom. The molecule has 3 heterocycles. The molecule has 1 fully saturated rings. The zero-order valence-corrected chi connectivity index (χ0v) is 19.2. The van der Waals surface area contributed by atoms with Gasteiger partial charge in [-0.2, -0.15) is 0 Å². The Kier molecular flexibility index (Phi) is 5.90. The Morgan fingerprint density at radius 1 is 1.06 bits per heavy atom. The number of fused-ring (bicyclic) bond motifs is 1. The van der Waals surface area contributed by atoms with Crippen LogP contribution < -0.4 is 10.1 Å². The monoisotopic (exact) mass is 445 g/mol. The van der Waals surface area contributed by atoms with Gasteiger partial charge in [0.15, 0.2) is 0 Å². The summed E-state index contributed by atoms with van der Waals surface area (Å²) in [6, 6.07) is 16.4. The number of halogens is 1. The van der Waals surface area contributed by atoms with Gasteiger partial charge in [0, 0.05) is 56.6 Å². The maximum absolute atomic E-state index is 6.25. The smallest absolute Gasteiger partial charge is 0.119 e. The molecule has 5 heteroatoms. The van der Waals surface area contributed by atoms with Gasteiger partial charge in [0.2, 0.25) is 0 Å². The van der Waals surface area contributed by atoms with E-state index < -0.39 is 0 Å². The molecule has 2 aromatic carbocycles. The quantitative estimate of drug-likeness (QED) is 0.361. The number of aromatic nitrogens is 2. The van der Waals surface area contributed by atoms with Crippen molar-refractivity contribution >= 4 is 22.5 Å². The van der Waals surface area contributed by atoms with Crippen molar-refractivity contribution in [2.24, 2.45) is 5.92 Å². The lowest BCUT2D eigenvalue weighted by Gasteiger charge is -2.28. The summed E-state index contributed by atoms with van der Waals surface area (Å²) in [5.74, 6) is 1.85. The highest BCUT2D eigenvalue weighted by Gasteiger charge is 2.26. The van der Waals surface area contributed by atoms with E-state index in [0.717, 1.165) is 46.1 Å². The highest BCUT2D eigenvalue weighted by atomic mass is 35.5. The predicted molar refractivity (Wildman–Crippen MR) is 133 cm³/mol. The van der Waals surface area contributed by atoms with E-state index in [2.05, 4.69) is 46.5 Å². The second-order valence-electron chi connectivity index (χ2n) is 8.69. The van der Waals surface area contributed by atoms with E-state index >= 15 is 0 Å². The van der Waals surface area contributed by atoms with E-state index in [1.165, 1.54) is 29.5 Å². The standard InChI is InChI=1S/C27H28ClN3O/c1-17(19-6-4-10-29-14-19)27-26(24-13-23(32-2)8-9-25(24)31-27)21-11-20(15-30-16-21)18-5-3-7-22(28)12-18/h3,5,7-9,11-13,15-17,19,29,31H,4,6,10,14H2,1-2H3. The molecule has 0 spiro atoms. The van der Waals surface area contributed by atoms with Gasteiger partial charge in [-0.15, -0.1) is 0 Å². The molecule has 4 nitrogen and oxygen atoms in total. The average Bonchev–Trinajstić information content (AvgIpc) is 3.23. The molecule has 5 rings (SSSR count). The number of ether oxygens (including phenoxy) is 1. The van der Waals surface area contributed by atoms with Gasteiger partial charge in [-0.1, -0.05) is 30.7 Å². The fraction of sp³-hybridized carbons (Fsp3) is 0.296. The van der Waals surface area contributed by atoms with E-state index in [1.807, 2.05) is 36.7 Å². The van der Waals surface area contributed by atoms with Gasteiger partial charge in [-0.3, -0.25) is 4.98 Å². The normalized spacial score (nSPS) is 17.4. The van der Waals surface area contributed by atoms with Gasteiger partial charge in [-0.25, -0.2) is 0 Å². The van der Waals surface area contributed by atoms with Crippen molar-refractivity contribution in [3.05, 3.63) is 71.6 Å². The fourth-order valence-electron chi connectivity index (χ4n) is 4.92. The summed E-state index contributed by atoms with van der Waals surface area (Å²) in [4.78, 5) is 8.36. The van der Waals surface area contributed by atoms with Gasteiger partial charge < -0.3 is 15.0 Å². The fourth-order valence-corrected chi connectivity index (χ4v) is 5.11. The molecule has 2 N–H and O–H groups in total. The van der Waals surface area contributed by atoms with Crippen LogP contribution in [-0.4, -0.2) is 30.2 Å². The average molecular weight is 446 g/mol. The first kappa shape index (κ1) is 21.0. The Morgan fingerprint density at radius 3 is 2.72 bits per heavy atom. The summed E-state index contributed by atoms with van der Waals surface area (Å²) in [6.07, 6.45) is 6.33. The third-order valence-electron chi connectivity index (χ3n) is 6.72. The van der Waals surface area contributed by atoms with Crippen molar-refractivity contribution < 1.29 is 4.74 Å². The van der Waals surface area contributed by atoms with Gasteiger partial charge in [0.25, 0.3) is 0 Å². The Hall–Kier alpha value is -2.82. The van der Waals surface area contributed by atoms with Crippen LogP contribution in [0.4, 0.5) is 0 Å². The number of piperidine rings is 1. The van der Waals surface area contributed by atoms with E-state index in [0.29, 0.717) is 11.8 Å². The topological polar surface area (TPSA) is 49.9 Å². The summed E-state index contributed by atoms with van der Waals surface area (Å²) in [5.41, 5.74) is 6.84. The minimum absolute atomic E-state index is 0.394. The largest absolute Gasteiger partial charge is 0.497 e. The van der Waals surface area contributed by atoms with E-state index in [9.17, 15) is 0 Å². The van der Waals surface area contributed by atoms with Crippen LogP contribution in [0.2, 0.25) is 5.02 Å². The number of nitrogens with one attached hydrogen (secondary N) is 2. The first-order valence-electron chi connectivity index (χ1n) is 11.3. The van der Waals surface area contributed by atoms with Gasteiger partial charge in [0.1, 0.15) is 5.75 Å². The summed E-state index contributed by atoms with van der Waals surface area (Å²) >= 11 is 6.25. The van der Waals surface area contributed by atoms with Crippen LogP contribution in [-0.2, 0) is 0 Å². The summed E-state index contributed by atoms with van der Waals surface area (Å²) in [5, 5.41) is 5.47. The van der Waals surface area contributed by atoms with Crippen LogP contribution in [0.25, 0.3) is 33.2 Å². The van der Waals surface area contributed by atoms with Gasteiger partial charge >= 0.3 is 0 Å². The molecule has 0 aliphatic carbocycles. The number of hydrogen-bond donors (Lipinski definition) is 2. The molecule has 4 aromatic rings. The van der Waals surface area contributed by atoms with Crippen LogP contribution in [0.3, 0.4) is 0 Å². The molecule has 0 saturated carbocycles. The number of methoxy groups -OCH3 is 1. The molecule has 0 radical (unpaired) electrons. The SMILES string of the molecule is COc1ccc2[nH]c(C(C)C3CCCNC3)c(-c3cncc(-c4cccc(Cl)c4)c3)c2c1. The highest BCUT2D eigenvalue weighted by Crippen LogP contribution is 2.41. The summed E-state index contributed by atoms with van der Waals surface area (Å²) < 4.78 is 5.55. The number of benzene rings is 2. The Balaban J connectivity index is 1.67. The zero-order chi connectivity index (χ0) is 22.1. The molecule has 2 atom stereocenters. The minimum atomic E-state index is 0.394. The predicted octanol–water partition coefficient (Wildman–Crippen LogP) is 6.66. The molecule has 32 heavy (non-hydrogen) atoms. The summed E-state index contributed by atoms with van der Waals surface area (Å²) in [7, 11) is 1.71. The van der Waals surface area contributed by atoms with E-state index in [-0.39, 0.29) is 0 Å². The van der Waals surface area contributed by atoms with Crippen molar-refractivity contribution in [3.63, 3.8) is 0 Å². The molecule has 0 amide bonds. The molecule has 2 unspecified atom stereocenters. The molecule has 1 aliphatic rings. The zero-order valence-electron chi connectivity index (χ0n) is 18.5. The third-order valence-corrected chi connectivity index (χ3v) is 6.95. The van der Waals surface area contributed by atoms with Crippen molar-refractivity contribution in [1.82, 2.24) is 15.3 Å². The molecule has 1 saturated heterocycles. The number of rotatable bonds is 5. The van der Waals surface area contributed by atoms with Crippen molar-refractivity contribution in [1.29, 1.82) is 0 Å². The number of nitrogens with zero attached hydrogens (tertiary/aromatic N) is 1. The molecule has 164 valence electrons. The molecular formula is C27H28ClN3O. The first-order chi connectivity index (χ1) is 15.6. The first-order valence-corrected chi connectivity index (χ1v) is 11.6. The van der Waals surface area contributed by atoms with E-state index in [1.54, 1.807) is 7.11 Å². The lowest BCUT2D eigenvalue weighted by Crippen LogP contribution is -2.32. The van der Waals surface area contributed by atoms with Crippen LogP contribution in [0.1, 0.15) is 31.4 Å². The lowest BCUT2D eigenvalue weighted by atomic mass is 9.83.